The number of carbonyl (C=O) groups excluding carboxylic acids is 1. The smallest absolute Gasteiger partial charge is 0.250 e. The molecule has 36 heavy (non-hydrogen) atoms. The molecule has 1 fully saturated rings. The lowest BCUT2D eigenvalue weighted by Gasteiger charge is -2.28. The topological polar surface area (TPSA) is 130 Å². The van der Waals surface area contributed by atoms with E-state index in [1.54, 1.807) is 18.6 Å². The van der Waals surface area contributed by atoms with E-state index in [-0.39, 0.29) is 12.1 Å². The second kappa shape index (κ2) is 9.05. The minimum absolute atomic E-state index is 0.179. The SMILES string of the molecule is NC(=O)c1ccc(-c2nccc3c(-c4cnc5nc[nH]c5c4)cccc23)cc1NC1CCC(O)CC1. The molecular weight excluding hydrogens is 452 g/mol. The number of primary amides is 1. The summed E-state index contributed by atoms with van der Waals surface area (Å²) in [6.07, 6.45) is 8.21. The Morgan fingerprint density at radius 2 is 1.83 bits per heavy atom. The van der Waals surface area contributed by atoms with Crippen molar-refractivity contribution >= 4 is 33.5 Å². The normalized spacial score (nSPS) is 17.9. The van der Waals surface area contributed by atoms with Gasteiger partial charge in [0.1, 0.15) is 0 Å². The average molecular weight is 479 g/mol. The number of rotatable bonds is 5. The van der Waals surface area contributed by atoms with Crippen molar-refractivity contribution in [3.8, 4) is 22.4 Å². The van der Waals surface area contributed by atoms with Crippen LogP contribution in [0.25, 0.3) is 44.3 Å². The zero-order chi connectivity index (χ0) is 24.6. The molecule has 0 bridgehead atoms. The number of pyridine rings is 2. The summed E-state index contributed by atoms with van der Waals surface area (Å²) < 4.78 is 0. The van der Waals surface area contributed by atoms with E-state index in [1.807, 2.05) is 30.5 Å². The van der Waals surface area contributed by atoms with Crippen LogP contribution >= 0.6 is 0 Å². The van der Waals surface area contributed by atoms with E-state index in [0.29, 0.717) is 16.9 Å². The molecule has 180 valence electrons. The van der Waals surface area contributed by atoms with Crippen LogP contribution in [0.3, 0.4) is 0 Å². The summed E-state index contributed by atoms with van der Waals surface area (Å²) in [6.45, 7) is 0. The van der Waals surface area contributed by atoms with Crippen LogP contribution in [0.4, 0.5) is 5.69 Å². The maximum Gasteiger partial charge on any atom is 0.250 e. The molecule has 5 aromatic rings. The van der Waals surface area contributed by atoms with Crippen LogP contribution in [0.1, 0.15) is 36.0 Å². The lowest BCUT2D eigenvalue weighted by Crippen LogP contribution is -2.29. The van der Waals surface area contributed by atoms with Gasteiger partial charge in [0.25, 0.3) is 5.91 Å². The first-order valence-corrected chi connectivity index (χ1v) is 12.1. The van der Waals surface area contributed by atoms with Crippen molar-refractivity contribution in [2.24, 2.45) is 5.73 Å². The van der Waals surface area contributed by atoms with Gasteiger partial charge in [0, 0.05) is 40.6 Å². The highest BCUT2D eigenvalue weighted by atomic mass is 16.3. The second-order valence-corrected chi connectivity index (χ2v) is 9.33. The number of fused-ring (bicyclic) bond motifs is 2. The molecule has 1 amide bonds. The van der Waals surface area contributed by atoms with E-state index >= 15 is 0 Å². The van der Waals surface area contributed by atoms with E-state index in [4.69, 9.17) is 10.7 Å². The summed E-state index contributed by atoms with van der Waals surface area (Å²) in [5.41, 5.74) is 12.2. The molecule has 0 unspecified atom stereocenters. The largest absolute Gasteiger partial charge is 0.393 e. The molecule has 0 spiro atoms. The van der Waals surface area contributed by atoms with E-state index in [9.17, 15) is 9.90 Å². The van der Waals surface area contributed by atoms with Crippen molar-refractivity contribution in [2.75, 3.05) is 5.32 Å². The van der Waals surface area contributed by atoms with E-state index in [1.165, 1.54) is 0 Å². The predicted molar refractivity (Wildman–Crippen MR) is 140 cm³/mol. The third-order valence-corrected chi connectivity index (χ3v) is 7.01. The van der Waals surface area contributed by atoms with Gasteiger partial charge in [0.05, 0.1) is 29.2 Å². The Morgan fingerprint density at radius 3 is 2.67 bits per heavy atom. The molecule has 0 radical (unpaired) electrons. The van der Waals surface area contributed by atoms with Crippen LogP contribution in [0, 0.1) is 0 Å². The second-order valence-electron chi connectivity index (χ2n) is 9.33. The molecule has 8 nitrogen and oxygen atoms in total. The van der Waals surface area contributed by atoms with Gasteiger partial charge in [-0.2, -0.15) is 0 Å². The fourth-order valence-electron chi connectivity index (χ4n) is 5.13. The number of nitrogens with zero attached hydrogens (tertiary/aromatic N) is 3. The van der Waals surface area contributed by atoms with Crippen LogP contribution in [0.15, 0.2) is 67.3 Å². The highest BCUT2D eigenvalue weighted by molar-refractivity contribution is 6.05. The number of benzene rings is 2. The van der Waals surface area contributed by atoms with Crippen LogP contribution in [-0.2, 0) is 0 Å². The zero-order valence-corrected chi connectivity index (χ0v) is 19.6. The molecule has 1 aliphatic rings. The Labute approximate surface area is 207 Å². The first kappa shape index (κ1) is 22.2. The molecule has 6 rings (SSSR count). The summed E-state index contributed by atoms with van der Waals surface area (Å²) in [5, 5.41) is 15.4. The van der Waals surface area contributed by atoms with Crippen molar-refractivity contribution in [2.45, 2.75) is 37.8 Å². The predicted octanol–water partition coefficient (Wildman–Crippen LogP) is 4.65. The van der Waals surface area contributed by atoms with Crippen LogP contribution in [0.5, 0.6) is 0 Å². The number of aliphatic hydroxyl groups is 1. The summed E-state index contributed by atoms with van der Waals surface area (Å²) in [6, 6.07) is 16.0. The van der Waals surface area contributed by atoms with Crippen molar-refractivity contribution in [1.82, 2.24) is 19.9 Å². The molecule has 0 saturated heterocycles. The average Bonchev–Trinajstić information content (AvgIpc) is 3.37. The Bertz CT molecular complexity index is 1590. The maximum absolute atomic E-state index is 12.2. The third kappa shape index (κ3) is 4.05. The molecule has 1 aliphatic carbocycles. The number of nitrogens with two attached hydrogens (primary N) is 1. The van der Waals surface area contributed by atoms with Gasteiger partial charge < -0.3 is 21.1 Å². The van der Waals surface area contributed by atoms with Gasteiger partial charge >= 0.3 is 0 Å². The first-order valence-electron chi connectivity index (χ1n) is 12.1. The number of aromatic amines is 1. The van der Waals surface area contributed by atoms with E-state index < -0.39 is 5.91 Å². The third-order valence-electron chi connectivity index (χ3n) is 7.01. The highest BCUT2D eigenvalue weighted by Gasteiger charge is 2.21. The standard InChI is InChI=1S/C28H26N6O2/c29-27(36)23-9-4-16(12-24(23)34-18-5-7-19(35)8-6-18)26-22-3-1-2-20(21(22)10-11-30-26)17-13-25-28(31-14-17)33-15-32-25/h1-4,9-15,18-19,34-35H,5-8H2,(H2,29,36)(H,31,32,33). The Balaban J connectivity index is 1.43. The van der Waals surface area contributed by atoms with Gasteiger partial charge in [-0.05, 0) is 60.9 Å². The summed E-state index contributed by atoms with van der Waals surface area (Å²) >= 11 is 0. The number of H-pyrrole nitrogens is 1. The molecule has 3 heterocycles. The molecule has 3 aromatic heterocycles. The molecule has 5 N–H and O–H groups in total. The fraction of sp³-hybridized carbons (Fsp3) is 0.214. The van der Waals surface area contributed by atoms with E-state index in [0.717, 1.165) is 64.4 Å². The monoisotopic (exact) mass is 478 g/mol. The number of amides is 1. The van der Waals surface area contributed by atoms with Crippen molar-refractivity contribution in [1.29, 1.82) is 0 Å². The number of imidazole rings is 1. The molecule has 8 heteroatoms. The van der Waals surface area contributed by atoms with Gasteiger partial charge in [0.2, 0.25) is 0 Å². The van der Waals surface area contributed by atoms with Crippen molar-refractivity contribution in [3.05, 3.63) is 72.8 Å². The van der Waals surface area contributed by atoms with Crippen molar-refractivity contribution < 1.29 is 9.90 Å². The molecule has 2 aromatic carbocycles. The van der Waals surface area contributed by atoms with Crippen LogP contribution in [0.2, 0.25) is 0 Å². The van der Waals surface area contributed by atoms with Crippen LogP contribution < -0.4 is 11.1 Å². The summed E-state index contributed by atoms with van der Waals surface area (Å²) in [7, 11) is 0. The summed E-state index contributed by atoms with van der Waals surface area (Å²) in [4.78, 5) is 28.7. The van der Waals surface area contributed by atoms with Crippen molar-refractivity contribution in [3.63, 3.8) is 0 Å². The van der Waals surface area contributed by atoms with Gasteiger partial charge in [-0.15, -0.1) is 0 Å². The van der Waals surface area contributed by atoms with Gasteiger partial charge in [-0.3, -0.25) is 9.78 Å². The number of aromatic nitrogens is 4. The Hall–Kier alpha value is -4.30. The number of carbonyl (C=O) groups is 1. The first-order chi connectivity index (χ1) is 17.6. The van der Waals surface area contributed by atoms with E-state index in [2.05, 4.69) is 38.5 Å². The summed E-state index contributed by atoms with van der Waals surface area (Å²) in [5.74, 6) is -0.477. The number of anilines is 1. The van der Waals surface area contributed by atoms with Gasteiger partial charge in [-0.1, -0.05) is 24.3 Å². The van der Waals surface area contributed by atoms with Gasteiger partial charge in [-0.25, -0.2) is 9.97 Å². The number of hydrogen-bond donors (Lipinski definition) is 4. The molecule has 0 atom stereocenters. The molecular formula is C28H26N6O2. The Morgan fingerprint density at radius 1 is 0.972 bits per heavy atom. The van der Waals surface area contributed by atoms with Crippen LogP contribution in [-0.4, -0.2) is 43.1 Å². The number of aliphatic hydroxyl groups excluding tert-OH is 1. The molecule has 0 aliphatic heterocycles. The van der Waals surface area contributed by atoms with Gasteiger partial charge in [0.15, 0.2) is 5.65 Å². The maximum atomic E-state index is 12.2. The quantitative estimate of drug-likeness (QED) is 0.291. The molecule has 1 saturated carbocycles. The Kier molecular flexibility index (Phi) is 5.58. The minimum Gasteiger partial charge on any atom is -0.393 e. The lowest BCUT2D eigenvalue weighted by atomic mass is 9.92. The lowest BCUT2D eigenvalue weighted by molar-refractivity contribution is 0.100. The minimum atomic E-state index is -0.477. The zero-order valence-electron chi connectivity index (χ0n) is 19.6. The number of hydrogen-bond acceptors (Lipinski definition) is 6. The number of nitrogens with one attached hydrogen (secondary N) is 2. The fourth-order valence-corrected chi connectivity index (χ4v) is 5.13. The highest BCUT2D eigenvalue weighted by Crippen LogP contribution is 2.35.